The van der Waals surface area contributed by atoms with E-state index in [-0.39, 0.29) is 0 Å². The first-order chi connectivity index (χ1) is 2.27. The largest absolute Gasteiger partial charge is 0.285 e. The Morgan fingerprint density at radius 1 is 2.00 bits per heavy atom. The summed E-state index contributed by atoms with van der Waals surface area (Å²) in [5.41, 5.74) is 0. The summed E-state index contributed by atoms with van der Waals surface area (Å²) in [6.45, 7) is 1.77. The average molecular weight is 112 g/mol. The molecule has 0 aromatic carbocycles. The maximum Gasteiger partial charge on any atom is 0.0487 e. The van der Waals surface area contributed by atoms with Crippen molar-refractivity contribution in [2.75, 3.05) is 0 Å². The van der Waals surface area contributed by atoms with Crippen LogP contribution in [0.1, 0.15) is 6.92 Å². The lowest BCUT2D eigenvalue weighted by Crippen LogP contribution is -1.73. The summed E-state index contributed by atoms with van der Waals surface area (Å²) in [4.78, 5) is 0. The SMILES string of the molecule is CC(Cl)=[SH]N. The lowest BCUT2D eigenvalue weighted by molar-refractivity contribution is 2.04. The van der Waals surface area contributed by atoms with E-state index in [9.17, 15) is 0 Å². The van der Waals surface area contributed by atoms with Crippen molar-refractivity contribution >= 4 is 27.5 Å². The third-order valence-electron chi connectivity index (χ3n) is 0.178. The minimum Gasteiger partial charge on any atom is -0.285 e. The van der Waals surface area contributed by atoms with Crippen molar-refractivity contribution in [2.24, 2.45) is 5.14 Å². The molecule has 32 valence electrons. The molecule has 2 N–H and O–H groups in total. The molecule has 0 aliphatic rings. The average Bonchev–Trinajstić information content (AvgIpc) is 1.38. The minimum absolute atomic E-state index is 0.679. The van der Waals surface area contributed by atoms with Gasteiger partial charge < -0.3 is 0 Å². The third-order valence-corrected chi connectivity index (χ3v) is 0.826. The zero-order chi connectivity index (χ0) is 4.28. The van der Waals surface area contributed by atoms with Crippen LogP contribution in [0.4, 0.5) is 0 Å². The van der Waals surface area contributed by atoms with E-state index >= 15 is 0 Å². The van der Waals surface area contributed by atoms with Crippen LogP contribution in [-0.4, -0.2) is 4.32 Å². The van der Waals surface area contributed by atoms with E-state index < -0.39 is 0 Å². The molecule has 0 atom stereocenters. The highest BCUT2D eigenvalue weighted by atomic mass is 35.5. The summed E-state index contributed by atoms with van der Waals surface area (Å²) < 4.78 is 0.727. The first-order valence-corrected chi connectivity index (χ1v) is 2.51. The number of hydrogen-bond donors (Lipinski definition) is 2. The molecule has 0 rings (SSSR count). The Morgan fingerprint density at radius 2 is 2.20 bits per heavy atom. The van der Waals surface area contributed by atoms with Gasteiger partial charge in [-0.05, 0) is 6.92 Å². The third kappa shape index (κ3) is 4.47. The highest BCUT2D eigenvalue weighted by Crippen LogP contribution is 1.82. The second-order valence-electron chi connectivity index (χ2n) is 0.626. The van der Waals surface area contributed by atoms with Gasteiger partial charge in [-0.25, -0.2) is 0 Å². The molecule has 0 aromatic rings. The van der Waals surface area contributed by atoms with Crippen LogP contribution >= 0.6 is 23.1 Å². The van der Waals surface area contributed by atoms with Crippen LogP contribution in [0, 0.1) is 0 Å². The molecule has 0 saturated heterocycles. The first-order valence-electron chi connectivity index (χ1n) is 1.17. The first kappa shape index (κ1) is 5.47. The summed E-state index contributed by atoms with van der Waals surface area (Å²) in [7, 11) is 0. The maximum atomic E-state index is 5.24. The van der Waals surface area contributed by atoms with Crippen molar-refractivity contribution in [1.29, 1.82) is 0 Å². The molecular formula is C2H6ClNS. The summed E-state index contributed by atoms with van der Waals surface area (Å²) >= 11 is 5.92. The Morgan fingerprint density at radius 3 is 2.20 bits per heavy atom. The standard InChI is InChI=1S/C2H6ClNS/c1-2(3)5-4/h5H,4H2,1H3. The summed E-state index contributed by atoms with van der Waals surface area (Å²) in [5, 5.41) is 4.97. The molecule has 0 amide bonds. The summed E-state index contributed by atoms with van der Waals surface area (Å²) in [6.07, 6.45) is 0. The predicted molar refractivity (Wildman–Crippen MR) is 29.7 cm³/mol. The molecule has 0 aromatic heterocycles. The van der Waals surface area contributed by atoms with E-state index in [1.807, 2.05) is 0 Å². The van der Waals surface area contributed by atoms with Gasteiger partial charge in [0.1, 0.15) is 0 Å². The van der Waals surface area contributed by atoms with E-state index in [1.54, 1.807) is 6.92 Å². The van der Waals surface area contributed by atoms with Crippen molar-refractivity contribution in [2.45, 2.75) is 6.92 Å². The lowest BCUT2D eigenvalue weighted by Gasteiger charge is -1.71. The maximum absolute atomic E-state index is 5.24. The minimum atomic E-state index is 0.679. The Bertz CT molecular complexity index is 47.6. The fraction of sp³-hybridized carbons (Fsp3) is 0.500. The van der Waals surface area contributed by atoms with Gasteiger partial charge >= 0.3 is 0 Å². The van der Waals surface area contributed by atoms with Crippen molar-refractivity contribution in [3.8, 4) is 0 Å². The molecule has 0 bridgehead atoms. The van der Waals surface area contributed by atoms with Crippen LogP contribution in [0.25, 0.3) is 0 Å². The van der Waals surface area contributed by atoms with Crippen molar-refractivity contribution in [3.05, 3.63) is 0 Å². The highest BCUT2D eigenvalue weighted by Gasteiger charge is 1.64. The second kappa shape index (κ2) is 2.69. The van der Waals surface area contributed by atoms with Crippen molar-refractivity contribution in [1.82, 2.24) is 0 Å². The van der Waals surface area contributed by atoms with Crippen LogP contribution in [0.2, 0.25) is 0 Å². The van der Waals surface area contributed by atoms with Crippen LogP contribution in [0.5, 0.6) is 0 Å². The van der Waals surface area contributed by atoms with Gasteiger partial charge in [-0.15, -0.1) is 11.5 Å². The van der Waals surface area contributed by atoms with E-state index in [1.165, 1.54) is 0 Å². The summed E-state index contributed by atoms with van der Waals surface area (Å²) in [5.74, 6) is 0. The number of hydrogen-bond acceptors (Lipinski definition) is 1. The molecule has 0 aliphatic carbocycles. The number of thiol groups is 1. The molecule has 1 nitrogen and oxygen atoms in total. The Balaban J connectivity index is 3.14. The number of nitrogens with two attached hydrogens (primary N) is 1. The van der Waals surface area contributed by atoms with Crippen LogP contribution in [0.3, 0.4) is 0 Å². The zero-order valence-electron chi connectivity index (χ0n) is 2.90. The van der Waals surface area contributed by atoms with Gasteiger partial charge in [-0.2, -0.15) is 0 Å². The van der Waals surface area contributed by atoms with Crippen LogP contribution in [-0.2, 0) is 0 Å². The molecule has 0 radical (unpaired) electrons. The molecule has 0 fully saturated rings. The van der Waals surface area contributed by atoms with Gasteiger partial charge in [0, 0.05) is 4.32 Å². The fourth-order valence-electron chi connectivity index (χ4n) is 0. The van der Waals surface area contributed by atoms with E-state index in [0.717, 1.165) is 4.32 Å². The molecule has 0 heterocycles. The van der Waals surface area contributed by atoms with Gasteiger partial charge in [0.05, 0.1) is 0 Å². The monoisotopic (exact) mass is 111 g/mol. The Labute approximate surface area is 40.2 Å². The highest BCUT2D eigenvalue weighted by molar-refractivity contribution is 7.98. The zero-order valence-corrected chi connectivity index (χ0v) is 4.55. The molecular weight excluding hydrogens is 106 g/mol. The van der Waals surface area contributed by atoms with E-state index in [2.05, 4.69) is 0 Å². The molecule has 0 spiro atoms. The summed E-state index contributed by atoms with van der Waals surface area (Å²) in [6, 6.07) is 0. The lowest BCUT2D eigenvalue weighted by atomic mass is 11.0. The van der Waals surface area contributed by atoms with E-state index in [0.29, 0.717) is 11.5 Å². The molecule has 3 heteroatoms. The van der Waals surface area contributed by atoms with Gasteiger partial charge in [-0.1, -0.05) is 11.6 Å². The quantitative estimate of drug-likeness (QED) is 0.269. The smallest absolute Gasteiger partial charge is 0.0487 e. The van der Waals surface area contributed by atoms with Gasteiger partial charge in [-0.3, -0.25) is 5.14 Å². The topological polar surface area (TPSA) is 26.0 Å². The fourth-order valence-corrected chi connectivity index (χ4v) is 0. The molecule has 0 unspecified atom stereocenters. The van der Waals surface area contributed by atoms with Crippen molar-refractivity contribution in [3.63, 3.8) is 0 Å². The second-order valence-corrected chi connectivity index (χ2v) is 2.39. The number of halogens is 1. The predicted octanol–water partition coefficient (Wildman–Crippen LogP) is 0.714. The Kier molecular flexibility index (Phi) is 2.95. The van der Waals surface area contributed by atoms with Gasteiger partial charge in [0.2, 0.25) is 0 Å². The van der Waals surface area contributed by atoms with E-state index in [4.69, 9.17) is 16.7 Å². The van der Waals surface area contributed by atoms with Gasteiger partial charge in [0.15, 0.2) is 0 Å². The van der Waals surface area contributed by atoms with Gasteiger partial charge in [0.25, 0.3) is 0 Å². The van der Waals surface area contributed by atoms with Crippen LogP contribution < -0.4 is 5.14 Å². The Hall–Kier alpha value is 0.470. The molecule has 0 aliphatic heterocycles. The normalized spacial score (nSPS) is 13.8. The van der Waals surface area contributed by atoms with Crippen LogP contribution in [0.15, 0.2) is 0 Å². The van der Waals surface area contributed by atoms with Crippen molar-refractivity contribution < 1.29 is 0 Å². The molecule has 0 saturated carbocycles. The molecule has 5 heavy (non-hydrogen) atoms. The number of rotatable bonds is 0.